The van der Waals surface area contributed by atoms with E-state index in [2.05, 4.69) is 16.0 Å². The Morgan fingerprint density at radius 3 is 2.36 bits per heavy atom. The molecule has 42 heavy (non-hydrogen) atoms. The number of allylic oxidation sites excluding steroid dienone is 2. The summed E-state index contributed by atoms with van der Waals surface area (Å²) in [5.41, 5.74) is 4.84. The Morgan fingerprint density at radius 2 is 1.76 bits per heavy atom. The van der Waals surface area contributed by atoms with E-state index in [0.717, 1.165) is 6.42 Å². The third-order valence-electron chi connectivity index (χ3n) is 7.98. The number of nitrogens with two attached hydrogens (primary N) is 1. The molecule has 8 N–H and O–H groups in total. The molecule has 14 heteroatoms. The maximum atomic E-state index is 14.0. The number of aliphatic carboxylic acids is 1. The van der Waals surface area contributed by atoms with Gasteiger partial charge >= 0.3 is 13.6 Å². The Balaban J connectivity index is 2.08. The summed E-state index contributed by atoms with van der Waals surface area (Å²) in [5.74, 6) is -6.83. The molecule has 1 aromatic carbocycles. The maximum Gasteiger partial charge on any atom is 0.329 e. The van der Waals surface area contributed by atoms with Gasteiger partial charge in [0.25, 0.3) is 5.91 Å². The van der Waals surface area contributed by atoms with Gasteiger partial charge in [0.15, 0.2) is 6.04 Å². The minimum Gasteiger partial charge on any atom is -0.481 e. The topological polar surface area (TPSA) is 225 Å². The molecule has 1 spiro atoms. The van der Waals surface area contributed by atoms with Gasteiger partial charge in [-0.2, -0.15) is 0 Å². The Bertz CT molecular complexity index is 1260. The second-order valence-corrected chi connectivity index (χ2v) is 12.7. The SMILES string of the molecule is CC1CCCCC12NC(=O)C(CC(=O)O)[C@@H](c1ccc(CP(=O)(O)O)cc1)/C=C/CCCNC(=O)[C@H](C(N)=O)NC2=O. The van der Waals surface area contributed by atoms with Gasteiger partial charge in [0, 0.05) is 12.5 Å². The minimum atomic E-state index is -4.32. The number of carbonyl (C=O) groups excluding carboxylic acids is 4. The second kappa shape index (κ2) is 14.1. The van der Waals surface area contributed by atoms with Crippen LogP contribution >= 0.6 is 7.60 Å². The number of amides is 4. The van der Waals surface area contributed by atoms with E-state index in [1.165, 1.54) is 12.1 Å². The van der Waals surface area contributed by atoms with Crippen LogP contribution in [-0.4, -0.2) is 62.6 Å². The van der Waals surface area contributed by atoms with E-state index >= 15 is 0 Å². The van der Waals surface area contributed by atoms with Crippen LogP contribution in [0, 0.1) is 11.8 Å². The molecule has 1 saturated carbocycles. The van der Waals surface area contributed by atoms with Gasteiger partial charge in [-0.25, -0.2) is 0 Å². The van der Waals surface area contributed by atoms with Crippen molar-refractivity contribution in [2.45, 2.75) is 75.5 Å². The Kier molecular flexibility index (Phi) is 11.1. The van der Waals surface area contributed by atoms with Crippen LogP contribution in [0.25, 0.3) is 0 Å². The molecule has 2 aliphatic rings. The van der Waals surface area contributed by atoms with Crippen molar-refractivity contribution in [1.29, 1.82) is 0 Å². The average molecular weight is 607 g/mol. The number of nitrogens with one attached hydrogen (secondary N) is 3. The fraction of sp³-hybridized carbons (Fsp3) is 0.536. The maximum absolute atomic E-state index is 14.0. The lowest BCUT2D eigenvalue weighted by Gasteiger charge is -2.43. The normalized spacial score (nSPS) is 28.9. The van der Waals surface area contributed by atoms with Crippen molar-refractivity contribution < 1.29 is 43.4 Å². The summed E-state index contributed by atoms with van der Waals surface area (Å²) < 4.78 is 11.5. The second-order valence-electron chi connectivity index (χ2n) is 11.1. The first kappa shape index (κ1) is 33.0. The average Bonchev–Trinajstić information content (AvgIpc) is 2.90. The van der Waals surface area contributed by atoms with Crippen LogP contribution in [0.4, 0.5) is 0 Å². The van der Waals surface area contributed by atoms with Crippen molar-refractivity contribution in [3.05, 3.63) is 47.5 Å². The molecule has 13 nitrogen and oxygen atoms in total. The van der Waals surface area contributed by atoms with E-state index in [9.17, 15) is 43.4 Å². The van der Waals surface area contributed by atoms with Crippen molar-refractivity contribution in [3.8, 4) is 0 Å². The molecule has 0 aromatic heterocycles. The van der Waals surface area contributed by atoms with Crippen LogP contribution in [0.1, 0.15) is 68.9 Å². The number of rotatable bonds is 6. The van der Waals surface area contributed by atoms with E-state index in [1.54, 1.807) is 31.2 Å². The van der Waals surface area contributed by atoms with E-state index in [0.29, 0.717) is 36.8 Å². The lowest BCUT2D eigenvalue weighted by atomic mass is 9.72. The quantitative estimate of drug-likeness (QED) is 0.139. The Labute approximate surface area is 243 Å². The Hall–Kier alpha value is -3.54. The van der Waals surface area contributed by atoms with Crippen LogP contribution in [0.5, 0.6) is 0 Å². The first-order valence-electron chi connectivity index (χ1n) is 14.0. The number of hydrogen-bond donors (Lipinski definition) is 7. The van der Waals surface area contributed by atoms with Crippen molar-refractivity contribution in [1.82, 2.24) is 16.0 Å². The molecule has 230 valence electrons. The number of primary amides is 1. The van der Waals surface area contributed by atoms with Gasteiger partial charge in [-0.1, -0.05) is 56.2 Å². The molecule has 0 bridgehead atoms. The predicted octanol–water partition coefficient (Wildman–Crippen LogP) is 1.04. The summed E-state index contributed by atoms with van der Waals surface area (Å²) in [7, 11) is -4.32. The Morgan fingerprint density at radius 1 is 1.07 bits per heavy atom. The smallest absolute Gasteiger partial charge is 0.329 e. The molecular weight excluding hydrogens is 567 g/mol. The van der Waals surface area contributed by atoms with Crippen LogP contribution in [0.2, 0.25) is 0 Å². The molecule has 3 unspecified atom stereocenters. The summed E-state index contributed by atoms with van der Waals surface area (Å²) in [6, 6.07) is 4.57. The van der Waals surface area contributed by atoms with Gasteiger partial charge in [0.2, 0.25) is 17.7 Å². The first-order chi connectivity index (χ1) is 19.7. The lowest BCUT2D eigenvalue weighted by Crippen LogP contribution is -2.67. The zero-order valence-corrected chi connectivity index (χ0v) is 24.3. The summed E-state index contributed by atoms with van der Waals surface area (Å²) in [5, 5.41) is 17.7. The van der Waals surface area contributed by atoms with Crippen molar-refractivity contribution >= 4 is 37.2 Å². The predicted molar refractivity (Wildman–Crippen MR) is 152 cm³/mol. The van der Waals surface area contributed by atoms with Gasteiger partial charge in [0.1, 0.15) is 5.54 Å². The van der Waals surface area contributed by atoms with Crippen LogP contribution in [-0.2, 0) is 34.7 Å². The van der Waals surface area contributed by atoms with Crippen LogP contribution < -0.4 is 21.7 Å². The summed E-state index contributed by atoms with van der Waals surface area (Å²) in [6.07, 6.45) is 5.42. The van der Waals surface area contributed by atoms with Gasteiger partial charge in [-0.15, -0.1) is 0 Å². The zero-order chi connectivity index (χ0) is 31.1. The highest BCUT2D eigenvalue weighted by Gasteiger charge is 2.49. The molecule has 1 fully saturated rings. The fourth-order valence-electron chi connectivity index (χ4n) is 5.67. The fourth-order valence-corrected chi connectivity index (χ4v) is 6.36. The summed E-state index contributed by atoms with van der Waals surface area (Å²) in [4.78, 5) is 83.3. The third kappa shape index (κ3) is 8.50. The number of carboxylic acid groups (broad SMARTS) is 1. The van der Waals surface area contributed by atoms with Crippen molar-refractivity contribution in [3.63, 3.8) is 0 Å². The van der Waals surface area contributed by atoms with Gasteiger partial charge in [0.05, 0.1) is 18.5 Å². The molecule has 1 aliphatic carbocycles. The highest BCUT2D eigenvalue weighted by Crippen LogP contribution is 2.40. The number of carbonyl (C=O) groups is 5. The van der Waals surface area contributed by atoms with E-state index in [1.807, 2.05) is 0 Å². The van der Waals surface area contributed by atoms with Crippen molar-refractivity contribution in [2.24, 2.45) is 17.6 Å². The van der Waals surface area contributed by atoms with E-state index < -0.39 is 79.1 Å². The van der Waals surface area contributed by atoms with Crippen LogP contribution in [0.15, 0.2) is 36.4 Å². The monoisotopic (exact) mass is 606 g/mol. The molecule has 1 heterocycles. The molecular formula is C28H39N4O9P. The number of hydrogen-bond acceptors (Lipinski definition) is 6. The van der Waals surface area contributed by atoms with E-state index in [-0.39, 0.29) is 13.0 Å². The third-order valence-corrected chi connectivity index (χ3v) is 8.76. The standard InChI is InChI=1S/C28H39N4O9P/c1-17-7-4-5-13-28(17)27(38)31-23(24(29)35)26(37)30-14-6-2-3-8-20(21(15-22(33)34)25(36)32-28)19-11-9-18(10-12-19)16-42(39,40)41/h3,8-12,17,20-21,23H,2,4-7,13-16H2,1H3,(H2,29,35)(H,30,37)(H,31,38)(H,32,36)(H,33,34)(H2,39,40,41)/b8-3+/t17?,20-,21?,23+,28?/m1/s1. The molecule has 1 aromatic rings. The molecule has 4 amide bonds. The van der Waals surface area contributed by atoms with E-state index in [4.69, 9.17) is 5.73 Å². The van der Waals surface area contributed by atoms with Gasteiger partial charge < -0.3 is 36.6 Å². The summed E-state index contributed by atoms with van der Waals surface area (Å²) >= 11 is 0. The number of carboxylic acids is 1. The van der Waals surface area contributed by atoms with Crippen molar-refractivity contribution in [2.75, 3.05) is 6.54 Å². The molecule has 0 saturated heterocycles. The van der Waals surface area contributed by atoms with Gasteiger partial charge in [-0.3, -0.25) is 28.5 Å². The molecule has 1 aliphatic heterocycles. The van der Waals surface area contributed by atoms with Crippen LogP contribution in [0.3, 0.4) is 0 Å². The largest absolute Gasteiger partial charge is 0.481 e. The van der Waals surface area contributed by atoms with Gasteiger partial charge in [-0.05, 0) is 42.7 Å². The molecule has 0 radical (unpaired) electrons. The highest BCUT2D eigenvalue weighted by atomic mass is 31.2. The first-order valence-corrected chi connectivity index (χ1v) is 15.7. The summed E-state index contributed by atoms with van der Waals surface area (Å²) in [6.45, 7) is 1.94. The number of benzene rings is 1. The minimum absolute atomic E-state index is 0.168. The molecule has 3 rings (SSSR count). The zero-order valence-electron chi connectivity index (χ0n) is 23.5. The highest BCUT2D eigenvalue weighted by molar-refractivity contribution is 7.50. The molecule has 5 atom stereocenters. The lowest BCUT2D eigenvalue weighted by molar-refractivity contribution is -0.145.